The van der Waals surface area contributed by atoms with Crippen LogP contribution in [0.5, 0.6) is 0 Å². The average molecular weight is 436 g/mol. The number of thiocarbonyl (C=S) groups is 1. The molecular weight excluding hydrogens is 406 g/mol. The largest absolute Gasteiger partial charge is 0.376 e. The van der Waals surface area contributed by atoms with Crippen LogP contribution in [0.15, 0.2) is 53.3 Å². The zero-order valence-corrected chi connectivity index (χ0v) is 18.9. The molecule has 31 heavy (non-hydrogen) atoms. The molecule has 1 saturated heterocycles. The summed E-state index contributed by atoms with van der Waals surface area (Å²) in [4.78, 5) is 17.9. The number of nitrogens with zero attached hydrogens (tertiary/aromatic N) is 1. The Bertz CT molecular complexity index is 1140. The molecule has 0 unspecified atom stereocenters. The number of anilines is 1. The smallest absolute Gasteiger partial charge is 0.253 e. The molecule has 0 radical (unpaired) electrons. The molecule has 1 aromatic heterocycles. The number of fused-ring (bicyclic) bond motifs is 1. The molecule has 1 aliphatic rings. The molecule has 2 heterocycles. The van der Waals surface area contributed by atoms with E-state index in [1.54, 1.807) is 0 Å². The van der Waals surface area contributed by atoms with Crippen LogP contribution in [-0.4, -0.2) is 34.3 Å². The van der Waals surface area contributed by atoms with Crippen LogP contribution in [-0.2, 0) is 17.7 Å². The third kappa shape index (κ3) is 5.32. The van der Waals surface area contributed by atoms with Crippen LogP contribution in [0.2, 0.25) is 0 Å². The third-order valence-electron chi connectivity index (χ3n) is 5.76. The lowest BCUT2D eigenvalue weighted by Crippen LogP contribution is -2.40. The average Bonchev–Trinajstić information content (AvgIpc) is 3.26. The normalized spacial score (nSPS) is 15.9. The summed E-state index contributed by atoms with van der Waals surface area (Å²) in [6.45, 7) is 6.06. The quantitative estimate of drug-likeness (QED) is 0.546. The fourth-order valence-electron chi connectivity index (χ4n) is 4.02. The molecule has 0 aliphatic carbocycles. The van der Waals surface area contributed by atoms with Gasteiger partial charge in [0.25, 0.3) is 5.56 Å². The molecule has 5 nitrogen and oxygen atoms in total. The molecule has 3 aromatic rings. The van der Waals surface area contributed by atoms with Crippen molar-refractivity contribution in [1.82, 2.24) is 9.88 Å². The Morgan fingerprint density at radius 3 is 2.87 bits per heavy atom. The third-order valence-corrected chi connectivity index (χ3v) is 6.12. The first-order valence-corrected chi connectivity index (χ1v) is 11.3. The Morgan fingerprint density at radius 2 is 2.13 bits per heavy atom. The number of benzene rings is 2. The molecule has 0 spiro atoms. The van der Waals surface area contributed by atoms with Crippen LogP contribution in [0.25, 0.3) is 10.9 Å². The van der Waals surface area contributed by atoms with Gasteiger partial charge >= 0.3 is 0 Å². The number of ether oxygens (including phenoxy) is 1. The Morgan fingerprint density at radius 1 is 1.26 bits per heavy atom. The van der Waals surface area contributed by atoms with Gasteiger partial charge in [0.05, 0.1) is 12.6 Å². The summed E-state index contributed by atoms with van der Waals surface area (Å²) in [6.07, 6.45) is 3.16. The summed E-state index contributed by atoms with van der Waals surface area (Å²) < 4.78 is 5.86. The Balaban J connectivity index is 1.61. The minimum Gasteiger partial charge on any atom is -0.376 e. The zero-order chi connectivity index (χ0) is 21.8. The molecule has 0 saturated carbocycles. The number of H-pyrrole nitrogens is 1. The highest BCUT2D eigenvalue weighted by Gasteiger charge is 2.22. The lowest BCUT2D eigenvalue weighted by atomic mass is 10.1. The van der Waals surface area contributed by atoms with Gasteiger partial charge in [-0.2, -0.15) is 0 Å². The molecule has 1 atom stereocenters. The van der Waals surface area contributed by atoms with Crippen molar-refractivity contribution in [2.24, 2.45) is 0 Å². The maximum Gasteiger partial charge on any atom is 0.253 e. The van der Waals surface area contributed by atoms with E-state index in [2.05, 4.69) is 48.4 Å². The minimum absolute atomic E-state index is 0.0764. The van der Waals surface area contributed by atoms with E-state index in [0.29, 0.717) is 23.8 Å². The van der Waals surface area contributed by atoms with Gasteiger partial charge in [-0.15, -0.1) is 0 Å². The van der Waals surface area contributed by atoms with Gasteiger partial charge in [0.2, 0.25) is 0 Å². The second-order valence-electron chi connectivity index (χ2n) is 8.21. The summed E-state index contributed by atoms with van der Waals surface area (Å²) in [6, 6.07) is 16.3. The molecule has 1 fully saturated rings. The van der Waals surface area contributed by atoms with E-state index >= 15 is 0 Å². The van der Waals surface area contributed by atoms with E-state index in [1.165, 1.54) is 5.56 Å². The first-order valence-electron chi connectivity index (χ1n) is 10.9. The molecule has 0 amide bonds. The van der Waals surface area contributed by atoms with Crippen LogP contribution in [0, 0.1) is 6.92 Å². The van der Waals surface area contributed by atoms with E-state index in [4.69, 9.17) is 17.0 Å². The van der Waals surface area contributed by atoms with Crippen LogP contribution in [0.1, 0.15) is 36.5 Å². The molecule has 2 aromatic carbocycles. The van der Waals surface area contributed by atoms with Crippen molar-refractivity contribution in [1.29, 1.82) is 0 Å². The molecule has 162 valence electrons. The van der Waals surface area contributed by atoms with Crippen LogP contribution >= 0.6 is 12.2 Å². The summed E-state index contributed by atoms with van der Waals surface area (Å²) in [5.74, 6) is 0. The maximum atomic E-state index is 12.8. The molecular formula is C25H29N3O2S. The van der Waals surface area contributed by atoms with Gasteiger partial charge in [-0.1, -0.05) is 25.1 Å². The monoisotopic (exact) mass is 435 g/mol. The molecule has 1 aliphatic heterocycles. The number of nitrogens with one attached hydrogen (secondary N) is 2. The van der Waals surface area contributed by atoms with Crippen molar-refractivity contribution in [2.75, 3.05) is 18.5 Å². The van der Waals surface area contributed by atoms with Crippen molar-refractivity contribution < 1.29 is 4.74 Å². The van der Waals surface area contributed by atoms with Crippen LogP contribution in [0.4, 0.5) is 5.69 Å². The number of hydrogen-bond acceptors (Lipinski definition) is 3. The van der Waals surface area contributed by atoms with Gasteiger partial charge in [-0.3, -0.25) is 4.79 Å². The number of aryl methyl sites for hydroxylation is 2. The highest BCUT2D eigenvalue weighted by molar-refractivity contribution is 7.80. The summed E-state index contributed by atoms with van der Waals surface area (Å²) in [7, 11) is 0. The topological polar surface area (TPSA) is 57.4 Å². The van der Waals surface area contributed by atoms with Gasteiger partial charge in [0, 0.05) is 29.9 Å². The standard InChI is InChI=1S/C25H29N3O2S/c1-3-18-9-10-23-19(13-18)14-20(24(29)27-23)15-28(16-22-8-5-11-30-22)25(31)26-21-7-4-6-17(2)12-21/h4,6-7,9-10,12-14,22H,3,5,8,11,15-16H2,1-2H3,(H,26,31)(H,27,29)/t22-/m0/s1. The summed E-state index contributed by atoms with van der Waals surface area (Å²) in [5.41, 5.74) is 4.84. The second-order valence-corrected chi connectivity index (χ2v) is 8.60. The maximum absolute atomic E-state index is 12.8. The fourth-order valence-corrected chi connectivity index (χ4v) is 4.28. The van der Waals surface area contributed by atoms with Crippen LogP contribution < -0.4 is 10.9 Å². The first kappa shape index (κ1) is 21.5. The van der Waals surface area contributed by atoms with Crippen molar-refractivity contribution >= 4 is 33.9 Å². The van der Waals surface area contributed by atoms with E-state index in [0.717, 1.165) is 48.0 Å². The summed E-state index contributed by atoms with van der Waals surface area (Å²) in [5, 5.41) is 4.99. The Hall–Kier alpha value is -2.70. The Labute approximate surface area is 188 Å². The Kier molecular flexibility index (Phi) is 6.68. The van der Waals surface area contributed by atoms with Crippen molar-refractivity contribution in [3.63, 3.8) is 0 Å². The number of hydrogen-bond donors (Lipinski definition) is 2. The predicted octanol–water partition coefficient (Wildman–Crippen LogP) is 4.78. The minimum atomic E-state index is -0.0764. The van der Waals surface area contributed by atoms with Gasteiger partial charge in [-0.05, 0) is 85.2 Å². The van der Waals surface area contributed by atoms with E-state index in [1.807, 2.05) is 29.2 Å². The van der Waals surface area contributed by atoms with E-state index in [9.17, 15) is 4.79 Å². The van der Waals surface area contributed by atoms with Crippen molar-refractivity contribution in [3.05, 3.63) is 75.6 Å². The predicted molar refractivity (Wildman–Crippen MR) is 131 cm³/mol. The van der Waals surface area contributed by atoms with Gasteiger partial charge in [0.1, 0.15) is 0 Å². The van der Waals surface area contributed by atoms with Gasteiger partial charge in [-0.25, -0.2) is 0 Å². The van der Waals surface area contributed by atoms with Gasteiger partial charge in [0.15, 0.2) is 5.11 Å². The number of aromatic nitrogens is 1. The highest BCUT2D eigenvalue weighted by atomic mass is 32.1. The van der Waals surface area contributed by atoms with Crippen molar-refractivity contribution in [3.8, 4) is 0 Å². The second kappa shape index (κ2) is 9.62. The number of aromatic amines is 1. The first-order chi connectivity index (χ1) is 15.0. The van der Waals surface area contributed by atoms with Crippen LogP contribution in [0.3, 0.4) is 0 Å². The molecule has 6 heteroatoms. The lowest BCUT2D eigenvalue weighted by Gasteiger charge is -2.28. The molecule has 0 bridgehead atoms. The SMILES string of the molecule is CCc1ccc2[nH]c(=O)c(CN(C[C@@H]3CCCO3)C(=S)Nc3cccc(C)c3)cc2c1. The highest BCUT2D eigenvalue weighted by Crippen LogP contribution is 2.19. The van der Waals surface area contributed by atoms with E-state index < -0.39 is 0 Å². The lowest BCUT2D eigenvalue weighted by molar-refractivity contribution is 0.0904. The fraction of sp³-hybridized carbons (Fsp3) is 0.360. The zero-order valence-electron chi connectivity index (χ0n) is 18.1. The number of rotatable bonds is 6. The molecule has 2 N–H and O–H groups in total. The summed E-state index contributed by atoms with van der Waals surface area (Å²) >= 11 is 5.76. The molecule has 4 rings (SSSR count). The van der Waals surface area contributed by atoms with E-state index in [-0.39, 0.29) is 11.7 Å². The number of pyridine rings is 1. The van der Waals surface area contributed by atoms with Gasteiger partial charge < -0.3 is 19.9 Å². The van der Waals surface area contributed by atoms with Crippen molar-refractivity contribution in [2.45, 2.75) is 45.8 Å².